The Bertz CT molecular complexity index is 5520. The lowest BCUT2D eigenvalue weighted by atomic mass is 9.89. The summed E-state index contributed by atoms with van der Waals surface area (Å²) in [6.07, 6.45) is -3.51. The smallest absolute Gasteiger partial charge is 0.305 e. The molecule has 6 rings (SSSR count). The normalized spacial score (nSPS) is 13.3. The van der Waals surface area contributed by atoms with Gasteiger partial charge in [0.2, 0.25) is 82.7 Å². The van der Waals surface area contributed by atoms with Crippen LogP contribution in [0.25, 0.3) is 21.6 Å². The number of carboxylic acids is 1. The first-order chi connectivity index (χ1) is 68.9. The molecule has 6 aromatic rings. The first-order valence-electron chi connectivity index (χ1n) is 47.2. The maximum absolute atomic E-state index is 15.6. The number of aliphatic carboxylic acids is 1. The summed E-state index contributed by atoms with van der Waals surface area (Å²) in [5, 5.41) is 91.3. The number of aliphatic hydroxyl groups is 3. The lowest BCUT2D eigenvalue weighted by Crippen LogP contribution is -2.66. The number of carbonyl (C=O) groups excluding carboxylic acids is 19. The van der Waals surface area contributed by atoms with Gasteiger partial charge in [-0.3, -0.25) is 95.9 Å². The Morgan fingerprint density at radius 1 is 0.552 bits per heavy atom. The van der Waals surface area contributed by atoms with Gasteiger partial charge in [-0.15, -0.1) is 10.2 Å². The Hall–Kier alpha value is -15.5. The molecular formula is C96H128FN23O25. The SMILES string of the molecule is CCC(=O)CCC(=O)NCC(=O)CCC(=O)NCC(=O)CCC(=O)NCC(=O)CCC(=O)NCc1ccc(CCC[C@H](NC(=O)[C@H](Cc2ccc(-c3ccc(OCCCCN=[N+]=[N-])cc3CC)cc2)NC(=O)[C@H](CC(=O)O)NC(=O)[C@H](CO)NC(=O)[C@@H](NC(=O)[C@@](C)(Cc2ccccc2F)NC(=O)[C@@H](NC(=O)CCC(=O)[C@H](Cc2nn[nH]n2)NC(=O)C(C)(C)C(=O)NCCc2cnc[nH]2)[C@@H](C)O)[C@@H](C)O)C(N)=O)cc1. The number of carboxylic acid groups (broad SMARTS) is 1. The lowest BCUT2D eigenvalue weighted by Gasteiger charge is -2.34. The fourth-order valence-electron chi connectivity index (χ4n) is 14.3. The zero-order chi connectivity index (χ0) is 107. The maximum Gasteiger partial charge on any atom is 0.305 e. The van der Waals surface area contributed by atoms with Crippen LogP contribution >= 0.6 is 0 Å². The number of azide groups is 1. The number of nitrogens with one attached hydrogen (secondary N) is 15. The molecular weight excluding hydrogens is 1890 g/mol. The number of ether oxygens (including phenoxy) is 1. The molecule has 21 N–H and O–H groups in total. The van der Waals surface area contributed by atoms with Crippen molar-refractivity contribution in [3.8, 4) is 16.9 Å². The van der Waals surface area contributed by atoms with Crippen LogP contribution in [0, 0.1) is 11.2 Å². The second kappa shape index (κ2) is 60.7. The summed E-state index contributed by atoms with van der Waals surface area (Å²) in [6, 6.07) is 11.0. The molecule has 2 heterocycles. The number of hydrogen-bond acceptors (Lipinski definition) is 29. The van der Waals surface area contributed by atoms with E-state index in [2.05, 4.69) is 110 Å². The highest BCUT2D eigenvalue weighted by Crippen LogP contribution is 2.30. The lowest BCUT2D eigenvalue weighted by molar-refractivity contribution is -0.143. The van der Waals surface area contributed by atoms with Crippen LogP contribution in [0.4, 0.5) is 4.39 Å². The number of nitrogens with zero attached hydrogens (tertiary/aromatic N) is 7. The van der Waals surface area contributed by atoms with E-state index >= 15 is 4.39 Å². The van der Waals surface area contributed by atoms with E-state index in [4.69, 9.17) is 16.0 Å². The molecule has 10 atom stereocenters. The van der Waals surface area contributed by atoms with Crippen LogP contribution in [-0.2, 0) is 141 Å². The van der Waals surface area contributed by atoms with Crippen molar-refractivity contribution in [2.24, 2.45) is 16.3 Å². The van der Waals surface area contributed by atoms with E-state index in [1.807, 2.05) is 19.1 Å². The molecule has 49 heteroatoms. The van der Waals surface area contributed by atoms with Crippen LogP contribution in [0.5, 0.6) is 5.75 Å². The Morgan fingerprint density at radius 2 is 1.11 bits per heavy atom. The summed E-state index contributed by atoms with van der Waals surface area (Å²) in [5.41, 5.74) is 15.0. The van der Waals surface area contributed by atoms with Crippen molar-refractivity contribution < 1.29 is 125 Å². The van der Waals surface area contributed by atoms with Gasteiger partial charge in [-0.1, -0.05) is 97.0 Å². The number of aromatic amines is 2. The molecule has 4 aromatic carbocycles. The van der Waals surface area contributed by atoms with E-state index in [0.29, 0.717) is 73.4 Å². The molecule has 0 bridgehead atoms. The number of hydrogen-bond donors (Lipinski definition) is 20. The molecule has 0 aliphatic carbocycles. The number of Topliss-reactive ketones (excluding diaryl/α,β-unsaturated/α-hetero) is 5. The van der Waals surface area contributed by atoms with Crippen molar-refractivity contribution in [1.82, 2.24) is 99.7 Å². The van der Waals surface area contributed by atoms with Gasteiger partial charge in [0, 0.05) is 133 Å². The molecule has 0 radical (unpaired) electrons. The van der Waals surface area contributed by atoms with Crippen molar-refractivity contribution in [3.05, 3.63) is 159 Å². The number of halogens is 1. The van der Waals surface area contributed by atoms with E-state index in [1.54, 1.807) is 67.7 Å². The number of aryl methyl sites for hydroxylation is 2. The number of imidazole rings is 1. The number of nitrogens with two attached hydrogens (primary N) is 1. The molecule has 0 unspecified atom stereocenters. The maximum atomic E-state index is 15.6. The summed E-state index contributed by atoms with van der Waals surface area (Å²) in [5.74, 6) is -18.2. The zero-order valence-electron chi connectivity index (χ0n) is 81.7. The van der Waals surface area contributed by atoms with Gasteiger partial charge in [-0.25, -0.2) is 9.37 Å². The number of aliphatic hydroxyl groups excluding tert-OH is 3. The summed E-state index contributed by atoms with van der Waals surface area (Å²) >= 11 is 0. The second-order valence-corrected chi connectivity index (χ2v) is 35.1. The summed E-state index contributed by atoms with van der Waals surface area (Å²) < 4.78 is 21.6. The molecule has 0 aliphatic heterocycles. The van der Waals surface area contributed by atoms with Crippen molar-refractivity contribution >= 4 is 118 Å². The van der Waals surface area contributed by atoms with Crippen molar-refractivity contribution in [1.29, 1.82) is 0 Å². The van der Waals surface area contributed by atoms with E-state index < -0.39 is 228 Å². The third-order valence-electron chi connectivity index (χ3n) is 23.1. The molecule has 0 spiro atoms. The number of benzene rings is 4. The highest BCUT2D eigenvalue weighted by molar-refractivity contribution is 6.06. The van der Waals surface area contributed by atoms with Gasteiger partial charge in [0.15, 0.2) is 29.0 Å². The fourth-order valence-corrected chi connectivity index (χ4v) is 14.3. The standard InChI is InChI=1S/C96H128FN23O25/c1-8-60-44-68(145-42-13-12-40-107-118-99)31-32-69(60)61-25-23-58(24-26-61)43-73(87(137)108-71(86(98)136)18-14-15-57-19-21-59(22-20-57)48-102-78(129)35-28-65(125)51-104-80(131)37-30-67(127)52-105-81(132)36-29-66(126)50-103-79(130)34-27-64(124)9-2)109-88(138)74(46-83(134)135)110-89(139)75(53-121)111-90(140)84(55(3)122)114-94(144)96(7,47-62-16-10-11-17-70(62)97)115-91(141)85(56(4)123)113-82(133)38-33-76(128)72(45-77-116-119-120-117-77)112-93(143)95(5,6)92(142)101-41-39-63-49-100-54-106-63/h10-11,16-17,19-26,31-32,44,49,54-56,71-75,84-85,121-123H,8-9,12-15,18,27-30,33-43,45-48,50-53H2,1-7H3,(H2,98,136)(H,100,106)(H,101,142)(H,102,129)(H,103,130)(H,104,131)(H,105,132)(H,108,137)(H,109,138)(H,110,139)(H,111,140)(H,112,143)(H,113,133)(H,114,144)(H,115,141)(H,134,135)(H,116,117,119,120)/t55-,56-,71+,72+,73+,74+,75+,84+,85+,96-/m1/s1. The Kier molecular flexibility index (Phi) is 49.5. The highest BCUT2D eigenvalue weighted by Gasteiger charge is 2.44. The number of amides is 14. The summed E-state index contributed by atoms with van der Waals surface area (Å²) in [4.78, 5) is 275. The van der Waals surface area contributed by atoms with Crippen LogP contribution in [0.15, 0.2) is 109 Å². The zero-order valence-corrected chi connectivity index (χ0v) is 81.7. The number of rotatable bonds is 68. The van der Waals surface area contributed by atoms with Crippen LogP contribution in [0.2, 0.25) is 0 Å². The number of aromatic nitrogens is 6. The average Bonchev–Trinajstić information content (AvgIpc) is 1.68. The van der Waals surface area contributed by atoms with Gasteiger partial charge in [0.05, 0.1) is 63.8 Å². The molecule has 2 aromatic heterocycles. The predicted molar refractivity (Wildman–Crippen MR) is 514 cm³/mol. The number of H-pyrrole nitrogens is 2. The first kappa shape index (κ1) is 118. The van der Waals surface area contributed by atoms with Crippen molar-refractivity contribution in [3.63, 3.8) is 0 Å². The molecule has 0 fully saturated rings. The molecule has 14 amide bonds. The average molecular weight is 2020 g/mol. The molecule has 48 nitrogen and oxygen atoms in total. The third-order valence-corrected chi connectivity index (χ3v) is 23.1. The van der Waals surface area contributed by atoms with Gasteiger partial charge in [-0.05, 0) is 136 Å². The van der Waals surface area contributed by atoms with Crippen LogP contribution in [0.1, 0.15) is 191 Å². The van der Waals surface area contributed by atoms with E-state index in [0.717, 1.165) is 43.5 Å². The molecule has 145 heavy (non-hydrogen) atoms. The van der Waals surface area contributed by atoms with Crippen molar-refractivity contribution in [2.45, 2.75) is 256 Å². The predicted octanol–water partition coefficient (Wildman–Crippen LogP) is -0.700. The molecule has 0 saturated carbocycles. The molecule has 0 saturated heterocycles. The Labute approximate surface area is 833 Å². The number of primary amides is 1. The monoisotopic (exact) mass is 2020 g/mol. The number of ketones is 5. The third kappa shape index (κ3) is 41.9. The van der Waals surface area contributed by atoms with E-state index in [9.17, 15) is 116 Å². The highest BCUT2D eigenvalue weighted by atomic mass is 19.1. The van der Waals surface area contributed by atoms with Gasteiger partial charge in [-0.2, -0.15) is 5.21 Å². The van der Waals surface area contributed by atoms with E-state index in [-0.39, 0.29) is 120 Å². The summed E-state index contributed by atoms with van der Waals surface area (Å²) in [6.45, 7) is 7.67. The van der Waals surface area contributed by atoms with Gasteiger partial charge in [0.1, 0.15) is 64.6 Å². The van der Waals surface area contributed by atoms with Crippen LogP contribution in [0.3, 0.4) is 0 Å². The van der Waals surface area contributed by atoms with Crippen LogP contribution < -0.4 is 79.6 Å². The fraction of sp³-hybridized carbons (Fsp3) is 0.500. The summed E-state index contributed by atoms with van der Waals surface area (Å²) in [7, 11) is 0. The number of carbonyl (C=O) groups is 20. The van der Waals surface area contributed by atoms with Gasteiger partial charge >= 0.3 is 5.97 Å². The Balaban J connectivity index is 1.09. The van der Waals surface area contributed by atoms with E-state index in [1.165, 1.54) is 38.4 Å². The minimum Gasteiger partial charge on any atom is -0.494 e. The molecule has 0 aliphatic rings. The minimum atomic E-state index is -2.44. The van der Waals surface area contributed by atoms with Crippen molar-refractivity contribution in [2.75, 3.05) is 45.9 Å². The van der Waals surface area contributed by atoms with Gasteiger partial charge in [0.25, 0.3) is 0 Å². The number of tetrazole rings is 1. The largest absolute Gasteiger partial charge is 0.494 e. The quantitative estimate of drug-likeness (QED) is 0.00738. The second-order valence-electron chi connectivity index (χ2n) is 35.1. The number of unbranched alkanes of at least 4 members (excludes halogenated alkanes) is 1. The minimum absolute atomic E-state index is 0.0453. The molecule has 784 valence electrons. The van der Waals surface area contributed by atoms with Gasteiger partial charge < -0.3 is 105 Å². The topological polar surface area (TPSA) is 746 Å². The first-order valence-corrected chi connectivity index (χ1v) is 47.2. The Morgan fingerprint density at radius 3 is 1.67 bits per heavy atom. The van der Waals surface area contributed by atoms with Crippen LogP contribution in [-0.4, -0.2) is 275 Å².